The maximum absolute atomic E-state index is 11.7. The van der Waals surface area contributed by atoms with Crippen molar-refractivity contribution in [2.24, 2.45) is 40.4 Å². The molecule has 4 fully saturated rings. The molecule has 0 heterocycles. The van der Waals surface area contributed by atoms with Gasteiger partial charge in [0.2, 0.25) is 0 Å². The van der Waals surface area contributed by atoms with E-state index in [2.05, 4.69) is 13.8 Å². The van der Waals surface area contributed by atoms with Gasteiger partial charge >= 0.3 is 5.97 Å². The lowest BCUT2D eigenvalue weighted by atomic mass is 9.44. The van der Waals surface area contributed by atoms with Gasteiger partial charge in [-0.3, -0.25) is 4.79 Å². The minimum atomic E-state index is -0.568. The normalized spacial score (nSPS) is 55.6. The van der Waals surface area contributed by atoms with Gasteiger partial charge in [0.15, 0.2) is 0 Å². The highest BCUT2D eigenvalue weighted by atomic mass is 16.4. The Balaban J connectivity index is 1.63. The van der Waals surface area contributed by atoms with Crippen molar-refractivity contribution in [3.8, 4) is 0 Å². The summed E-state index contributed by atoms with van der Waals surface area (Å²) in [6, 6.07) is 0. The zero-order valence-electron chi connectivity index (χ0n) is 14.6. The molecule has 4 rings (SSSR count). The number of carboxylic acids is 1. The van der Waals surface area contributed by atoms with Crippen molar-refractivity contribution >= 4 is 5.97 Å². The van der Waals surface area contributed by atoms with Gasteiger partial charge < -0.3 is 10.2 Å². The Morgan fingerprint density at radius 2 is 1.61 bits per heavy atom. The van der Waals surface area contributed by atoms with Crippen LogP contribution in [0.5, 0.6) is 0 Å². The van der Waals surface area contributed by atoms with Crippen LogP contribution in [0.1, 0.15) is 71.6 Å². The van der Waals surface area contributed by atoms with Gasteiger partial charge in [-0.15, -0.1) is 0 Å². The Hall–Kier alpha value is -0.570. The highest BCUT2D eigenvalue weighted by Crippen LogP contribution is 2.67. The summed E-state index contributed by atoms with van der Waals surface area (Å²) in [5.41, 5.74) is 0.312. The third-order valence-corrected chi connectivity index (χ3v) is 8.89. The fraction of sp³-hybridized carbons (Fsp3) is 0.950. The highest BCUT2D eigenvalue weighted by Gasteiger charge is 2.61. The molecule has 0 aromatic carbocycles. The van der Waals surface area contributed by atoms with Gasteiger partial charge in [-0.05, 0) is 92.3 Å². The Bertz CT molecular complexity index is 503. The third-order valence-electron chi connectivity index (χ3n) is 8.89. The molecule has 4 aliphatic carbocycles. The quantitative estimate of drug-likeness (QED) is 0.765. The molecule has 0 amide bonds. The number of carbonyl (C=O) groups is 1. The van der Waals surface area contributed by atoms with Crippen molar-refractivity contribution in [3.63, 3.8) is 0 Å². The largest absolute Gasteiger partial charge is 0.481 e. The van der Waals surface area contributed by atoms with Crippen molar-refractivity contribution in [1.29, 1.82) is 0 Å². The number of hydrogen-bond donors (Lipinski definition) is 2. The summed E-state index contributed by atoms with van der Waals surface area (Å²) in [5.74, 6) is 2.09. The second-order valence-electron chi connectivity index (χ2n) is 9.60. The first-order valence-electron chi connectivity index (χ1n) is 9.77. The fourth-order valence-electron chi connectivity index (χ4n) is 7.74. The lowest BCUT2D eigenvalue weighted by molar-refractivity contribution is -0.154. The maximum atomic E-state index is 11.7. The highest BCUT2D eigenvalue weighted by molar-refractivity contribution is 5.71. The Morgan fingerprint density at radius 3 is 2.35 bits per heavy atom. The second kappa shape index (κ2) is 5.21. The van der Waals surface area contributed by atoms with E-state index in [9.17, 15) is 15.0 Å². The number of hydrogen-bond acceptors (Lipinski definition) is 2. The van der Waals surface area contributed by atoms with E-state index in [0.29, 0.717) is 23.2 Å². The van der Waals surface area contributed by atoms with E-state index in [-0.39, 0.29) is 17.4 Å². The van der Waals surface area contributed by atoms with Gasteiger partial charge in [-0.2, -0.15) is 0 Å². The molecule has 2 N–H and O–H groups in total. The monoisotopic (exact) mass is 320 g/mol. The van der Waals surface area contributed by atoms with Crippen LogP contribution in [-0.4, -0.2) is 22.3 Å². The van der Waals surface area contributed by atoms with Crippen LogP contribution in [0.25, 0.3) is 0 Å². The van der Waals surface area contributed by atoms with Crippen molar-refractivity contribution in [2.45, 2.75) is 77.7 Å². The molecule has 0 spiro atoms. The van der Waals surface area contributed by atoms with E-state index in [4.69, 9.17) is 0 Å². The molecule has 0 radical (unpaired) electrons. The van der Waals surface area contributed by atoms with E-state index >= 15 is 0 Å². The number of aliphatic carboxylic acids is 1. The third kappa shape index (κ3) is 2.14. The van der Waals surface area contributed by atoms with Gasteiger partial charge in [0.25, 0.3) is 0 Å². The molecule has 0 aliphatic heterocycles. The fourth-order valence-corrected chi connectivity index (χ4v) is 7.74. The first-order valence-corrected chi connectivity index (χ1v) is 9.77. The van der Waals surface area contributed by atoms with E-state index < -0.39 is 5.97 Å². The predicted octanol–water partition coefficient (Wildman–Crippen LogP) is 4.09. The number of carboxylic acid groups (broad SMARTS) is 1. The van der Waals surface area contributed by atoms with Crippen LogP contribution < -0.4 is 0 Å². The van der Waals surface area contributed by atoms with E-state index in [0.717, 1.165) is 38.0 Å². The van der Waals surface area contributed by atoms with E-state index in [1.165, 1.54) is 25.7 Å². The summed E-state index contributed by atoms with van der Waals surface area (Å²) >= 11 is 0. The molecule has 0 aromatic heterocycles. The van der Waals surface area contributed by atoms with E-state index in [1.807, 2.05) is 0 Å². The Labute approximate surface area is 139 Å². The zero-order chi connectivity index (χ0) is 16.4. The van der Waals surface area contributed by atoms with Gasteiger partial charge in [0, 0.05) is 0 Å². The molecule has 23 heavy (non-hydrogen) atoms. The standard InChI is InChI=1S/C20H32O3/c1-19-10-9-16-14(15(19)7-8-17(19)18(22)23)6-4-12-3-5-13(21)11-20(12,16)2/h12-17,21H,3-11H2,1-2H3,(H,22,23)/t12-,13?,14+,15+,16+,17-,19+,20+/m1/s1. The van der Waals surface area contributed by atoms with Crippen molar-refractivity contribution in [1.82, 2.24) is 0 Å². The van der Waals surface area contributed by atoms with Crippen molar-refractivity contribution in [2.75, 3.05) is 0 Å². The number of fused-ring (bicyclic) bond motifs is 5. The molecule has 4 saturated carbocycles. The molecule has 8 atom stereocenters. The van der Waals surface area contributed by atoms with Crippen LogP contribution in [0, 0.1) is 40.4 Å². The van der Waals surface area contributed by atoms with Crippen LogP contribution in [0.2, 0.25) is 0 Å². The molecule has 0 bridgehead atoms. The molecular formula is C20H32O3. The molecule has 1 unspecified atom stereocenters. The summed E-state index contributed by atoms with van der Waals surface area (Å²) in [6.45, 7) is 4.72. The van der Waals surface area contributed by atoms with Gasteiger partial charge in [0.1, 0.15) is 0 Å². The van der Waals surface area contributed by atoms with Crippen molar-refractivity contribution in [3.05, 3.63) is 0 Å². The Kier molecular flexibility index (Phi) is 3.61. The minimum Gasteiger partial charge on any atom is -0.481 e. The predicted molar refractivity (Wildman–Crippen MR) is 88.9 cm³/mol. The lowest BCUT2D eigenvalue weighted by Crippen LogP contribution is -2.54. The first-order chi connectivity index (χ1) is 10.9. The minimum absolute atomic E-state index is 0.0173. The average molecular weight is 320 g/mol. The number of aliphatic hydroxyl groups is 1. The SMILES string of the molecule is C[C@]12CC(O)CC[C@@H]1CC[C@@H]1[C@@H]2CC[C@]2(C)[C@@H](C(=O)O)CC[C@@H]12. The summed E-state index contributed by atoms with van der Waals surface area (Å²) in [5, 5.41) is 19.9. The molecule has 3 nitrogen and oxygen atoms in total. The summed E-state index contributed by atoms with van der Waals surface area (Å²) < 4.78 is 0. The number of aliphatic hydroxyl groups excluding tert-OH is 1. The van der Waals surface area contributed by atoms with Gasteiger partial charge in [-0.25, -0.2) is 0 Å². The maximum Gasteiger partial charge on any atom is 0.307 e. The van der Waals surface area contributed by atoms with Crippen LogP contribution in [-0.2, 0) is 4.79 Å². The summed E-state index contributed by atoms with van der Waals surface area (Å²) in [4.78, 5) is 11.7. The summed E-state index contributed by atoms with van der Waals surface area (Å²) in [6.07, 6.45) is 9.89. The van der Waals surface area contributed by atoms with Crippen LogP contribution in [0.3, 0.4) is 0 Å². The molecule has 0 aromatic rings. The number of rotatable bonds is 1. The smallest absolute Gasteiger partial charge is 0.307 e. The second-order valence-corrected chi connectivity index (χ2v) is 9.60. The first kappa shape index (κ1) is 15.9. The zero-order valence-corrected chi connectivity index (χ0v) is 14.6. The molecule has 4 aliphatic rings. The van der Waals surface area contributed by atoms with Crippen LogP contribution in [0.15, 0.2) is 0 Å². The summed E-state index contributed by atoms with van der Waals surface area (Å²) in [7, 11) is 0. The van der Waals surface area contributed by atoms with Crippen LogP contribution in [0.4, 0.5) is 0 Å². The average Bonchev–Trinajstić information content (AvgIpc) is 2.83. The Morgan fingerprint density at radius 1 is 0.913 bits per heavy atom. The molecule has 0 saturated heterocycles. The van der Waals surface area contributed by atoms with Gasteiger partial charge in [0.05, 0.1) is 12.0 Å². The lowest BCUT2D eigenvalue weighted by Gasteiger charge is -2.60. The molecule has 3 heteroatoms. The molecular weight excluding hydrogens is 288 g/mol. The van der Waals surface area contributed by atoms with E-state index in [1.54, 1.807) is 0 Å². The van der Waals surface area contributed by atoms with Crippen molar-refractivity contribution < 1.29 is 15.0 Å². The molecule has 130 valence electrons. The van der Waals surface area contributed by atoms with Gasteiger partial charge in [-0.1, -0.05) is 13.8 Å². The topological polar surface area (TPSA) is 57.5 Å². The van der Waals surface area contributed by atoms with Crippen LogP contribution >= 0.6 is 0 Å².